The van der Waals surface area contributed by atoms with Crippen molar-refractivity contribution in [2.24, 2.45) is 0 Å². The van der Waals surface area contributed by atoms with E-state index in [1.807, 2.05) is 31.2 Å². The van der Waals surface area contributed by atoms with E-state index in [4.69, 9.17) is 20.8 Å². The second kappa shape index (κ2) is 16.6. The number of hydrogen-bond donors (Lipinski definition) is 3. The van der Waals surface area contributed by atoms with E-state index in [0.717, 1.165) is 31.7 Å². The van der Waals surface area contributed by atoms with Crippen LogP contribution in [0.15, 0.2) is 86.3 Å². The number of unbranched alkanes of at least 4 members (excludes halogenated alkanes) is 2. The van der Waals surface area contributed by atoms with Crippen molar-refractivity contribution in [1.29, 1.82) is 0 Å². The van der Waals surface area contributed by atoms with Gasteiger partial charge in [-0.15, -0.1) is 23.1 Å². The number of ether oxygens (including phenoxy) is 1. The minimum absolute atomic E-state index is 0.00451. The Bertz CT molecular complexity index is 1810. The lowest BCUT2D eigenvalue weighted by Gasteiger charge is -2.18. The Morgan fingerprint density at radius 3 is 2.63 bits per heavy atom. The van der Waals surface area contributed by atoms with Gasteiger partial charge in [0, 0.05) is 26.8 Å². The SMILES string of the molecule is CCCc1c(OCCCC/C=C\C=C\C(Sc2ccc3c(=O)cc(C(=O)O)oc3c2)C(O)c2cc(Cl)cs2)ccc(C(C)=O)c1O. The zero-order valence-corrected chi connectivity index (χ0v) is 27.8. The van der Waals surface area contributed by atoms with Crippen molar-refractivity contribution < 1.29 is 34.1 Å². The molecule has 3 N–H and O–H groups in total. The number of fused-ring (bicyclic) bond motifs is 1. The summed E-state index contributed by atoms with van der Waals surface area (Å²) in [6.07, 6.45) is 10.7. The van der Waals surface area contributed by atoms with Gasteiger partial charge in [-0.2, -0.15) is 0 Å². The highest BCUT2D eigenvalue weighted by atomic mass is 35.5. The maximum Gasteiger partial charge on any atom is 0.371 e. The van der Waals surface area contributed by atoms with Crippen LogP contribution in [0.2, 0.25) is 5.02 Å². The quantitative estimate of drug-likeness (QED) is 0.0459. The third-order valence-corrected chi connectivity index (χ3v) is 9.63. The predicted molar refractivity (Wildman–Crippen MR) is 183 cm³/mol. The van der Waals surface area contributed by atoms with Crippen LogP contribution >= 0.6 is 34.7 Å². The zero-order chi connectivity index (χ0) is 33.2. The van der Waals surface area contributed by atoms with Gasteiger partial charge >= 0.3 is 5.97 Å². The fourth-order valence-electron chi connectivity index (χ4n) is 4.75. The van der Waals surface area contributed by atoms with Gasteiger partial charge in [0.1, 0.15) is 23.2 Å². The fraction of sp³-hybridized carbons (Fsp3) is 0.286. The van der Waals surface area contributed by atoms with Crippen molar-refractivity contribution >= 4 is 57.4 Å². The molecule has 2 atom stereocenters. The van der Waals surface area contributed by atoms with Crippen molar-refractivity contribution in [2.75, 3.05) is 6.61 Å². The molecule has 0 bridgehead atoms. The summed E-state index contributed by atoms with van der Waals surface area (Å²) in [5, 5.41) is 33.1. The van der Waals surface area contributed by atoms with Crippen LogP contribution in [0.5, 0.6) is 11.5 Å². The highest BCUT2D eigenvalue weighted by Crippen LogP contribution is 2.37. The molecule has 4 aromatic rings. The van der Waals surface area contributed by atoms with Crippen molar-refractivity contribution in [3.63, 3.8) is 0 Å². The van der Waals surface area contributed by atoms with E-state index in [1.165, 1.54) is 30.0 Å². The lowest BCUT2D eigenvalue weighted by Crippen LogP contribution is -2.11. The van der Waals surface area contributed by atoms with Gasteiger partial charge in [-0.25, -0.2) is 4.79 Å². The van der Waals surface area contributed by atoms with Gasteiger partial charge in [-0.05, 0) is 69.0 Å². The zero-order valence-electron chi connectivity index (χ0n) is 25.4. The van der Waals surface area contributed by atoms with Crippen molar-refractivity contribution in [3.8, 4) is 11.5 Å². The van der Waals surface area contributed by atoms with Crippen LogP contribution in [-0.4, -0.2) is 38.9 Å². The molecule has 2 unspecified atom stereocenters. The van der Waals surface area contributed by atoms with E-state index in [0.29, 0.717) is 44.7 Å². The average molecular weight is 683 g/mol. The molecule has 0 radical (unpaired) electrons. The molecule has 0 spiro atoms. The van der Waals surface area contributed by atoms with Crippen molar-refractivity contribution in [1.82, 2.24) is 0 Å². The lowest BCUT2D eigenvalue weighted by molar-refractivity contribution is 0.0662. The van der Waals surface area contributed by atoms with Gasteiger partial charge in [-0.3, -0.25) is 9.59 Å². The van der Waals surface area contributed by atoms with Crippen LogP contribution in [0.3, 0.4) is 0 Å². The maximum atomic E-state index is 12.3. The summed E-state index contributed by atoms with van der Waals surface area (Å²) < 4.78 is 11.4. The van der Waals surface area contributed by atoms with Crippen LogP contribution < -0.4 is 10.2 Å². The van der Waals surface area contributed by atoms with Gasteiger partial charge in [-0.1, -0.05) is 49.2 Å². The summed E-state index contributed by atoms with van der Waals surface area (Å²) in [7, 11) is 0. The Morgan fingerprint density at radius 2 is 1.93 bits per heavy atom. The number of phenolic OH excluding ortho intramolecular Hbond substituents is 1. The van der Waals surface area contributed by atoms with Crippen LogP contribution in [0.25, 0.3) is 11.0 Å². The van der Waals surface area contributed by atoms with Crippen molar-refractivity contribution in [3.05, 3.63) is 109 Å². The number of rotatable bonds is 16. The van der Waals surface area contributed by atoms with Crippen molar-refractivity contribution in [2.45, 2.75) is 62.2 Å². The molecule has 242 valence electrons. The number of allylic oxidation sites excluding steroid dienone is 3. The highest BCUT2D eigenvalue weighted by molar-refractivity contribution is 8.00. The topological polar surface area (TPSA) is 134 Å². The summed E-state index contributed by atoms with van der Waals surface area (Å²) in [6, 6.07) is 11.0. The van der Waals surface area contributed by atoms with E-state index < -0.39 is 28.5 Å². The molecule has 11 heteroatoms. The molecule has 0 aliphatic heterocycles. The molecule has 2 heterocycles. The number of aromatic hydroxyl groups is 1. The number of carboxylic acid groups (broad SMARTS) is 1. The molecular weight excluding hydrogens is 648 g/mol. The summed E-state index contributed by atoms with van der Waals surface area (Å²) >= 11 is 8.81. The molecule has 0 fully saturated rings. The number of ketones is 1. The number of thioether (sulfide) groups is 1. The Labute approximate surface area is 280 Å². The normalized spacial score (nSPS) is 13.0. The van der Waals surface area contributed by atoms with Crippen LogP contribution in [0.4, 0.5) is 0 Å². The van der Waals surface area contributed by atoms with E-state index in [-0.39, 0.29) is 22.5 Å². The molecule has 0 amide bonds. The maximum absolute atomic E-state index is 12.3. The third-order valence-electron chi connectivity index (χ3n) is 7.06. The second-order valence-corrected chi connectivity index (χ2v) is 13.2. The van der Waals surface area contributed by atoms with E-state index in [9.17, 15) is 29.7 Å². The van der Waals surface area contributed by atoms with Crippen LogP contribution in [0.1, 0.15) is 77.0 Å². The minimum atomic E-state index is -1.33. The number of Topliss-reactive ketones (excluding diaryl/α,β-unsaturated/α-hetero) is 1. The number of benzene rings is 2. The molecule has 0 aliphatic rings. The number of phenols is 1. The van der Waals surface area contributed by atoms with Crippen LogP contribution in [-0.2, 0) is 6.42 Å². The Balaban J connectivity index is 1.37. The molecule has 46 heavy (non-hydrogen) atoms. The largest absolute Gasteiger partial charge is 0.507 e. The van der Waals surface area contributed by atoms with Crippen LogP contribution in [0, 0.1) is 0 Å². The van der Waals surface area contributed by atoms with E-state index in [1.54, 1.807) is 41.8 Å². The lowest BCUT2D eigenvalue weighted by atomic mass is 10.0. The molecular formula is C35H35ClO8S2. The third kappa shape index (κ3) is 9.13. The summed E-state index contributed by atoms with van der Waals surface area (Å²) in [6.45, 7) is 3.92. The smallest absolute Gasteiger partial charge is 0.371 e. The minimum Gasteiger partial charge on any atom is -0.507 e. The highest BCUT2D eigenvalue weighted by Gasteiger charge is 2.22. The summed E-state index contributed by atoms with van der Waals surface area (Å²) in [5.74, 6) is -1.34. The number of thiophene rings is 1. The number of carbonyl (C=O) groups is 2. The first-order chi connectivity index (χ1) is 22.1. The second-order valence-electron chi connectivity index (χ2n) is 10.5. The number of aliphatic hydroxyl groups is 1. The summed E-state index contributed by atoms with van der Waals surface area (Å²) in [5.41, 5.74) is 0.682. The Morgan fingerprint density at radius 1 is 1.13 bits per heavy atom. The van der Waals surface area contributed by atoms with Gasteiger partial charge in [0.25, 0.3) is 0 Å². The van der Waals surface area contributed by atoms with Gasteiger partial charge < -0.3 is 24.5 Å². The first-order valence-corrected chi connectivity index (χ1v) is 16.9. The molecule has 0 saturated heterocycles. The summed E-state index contributed by atoms with van der Waals surface area (Å²) in [4.78, 5) is 36.9. The number of aliphatic hydroxyl groups excluding tert-OH is 1. The Kier molecular flexibility index (Phi) is 12.7. The molecule has 2 aromatic carbocycles. The number of carboxylic acids is 1. The van der Waals surface area contributed by atoms with Gasteiger partial charge in [0.05, 0.1) is 27.8 Å². The Hall–Kier alpha value is -3.83. The first kappa shape index (κ1) is 35.0. The van der Waals surface area contributed by atoms with E-state index >= 15 is 0 Å². The molecule has 0 aliphatic carbocycles. The number of halogens is 1. The van der Waals surface area contributed by atoms with Gasteiger partial charge in [0.2, 0.25) is 5.76 Å². The monoisotopic (exact) mass is 682 g/mol. The predicted octanol–water partition coefficient (Wildman–Crippen LogP) is 8.62. The standard InChI is InChI=1S/C35H35ClO8S2/c1-3-10-26-28(15-14-24(21(2)37)33(26)39)43-16-9-7-5-4-6-8-11-31(34(40)32-17-22(36)20-45-32)46-23-12-13-25-27(38)19-30(35(41)42)44-29(25)18-23/h4,6,8,11-15,17-20,31,34,39-40H,3,5,7,9-10,16H2,1-2H3,(H,41,42)/b6-4-,11-8+. The molecule has 8 nitrogen and oxygen atoms in total. The number of aromatic carboxylic acids is 1. The fourth-order valence-corrected chi connectivity index (χ4v) is 7.03. The average Bonchev–Trinajstić information content (AvgIpc) is 3.46. The first-order valence-electron chi connectivity index (χ1n) is 14.8. The van der Waals surface area contributed by atoms with E-state index in [2.05, 4.69) is 0 Å². The molecule has 2 aromatic heterocycles. The van der Waals surface area contributed by atoms with Gasteiger partial charge in [0.15, 0.2) is 11.2 Å². The number of hydrogen-bond acceptors (Lipinski definition) is 9. The molecule has 0 saturated carbocycles. The number of carbonyl (C=O) groups excluding carboxylic acids is 1. The molecule has 4 rings (SSSR count).